The number of hydrogen-bond donors (Lipinski definition) is 4. The SMILES string of the molecule is C[C@H](CC/C=C/C(=O)Nc1ccccc1N)[C@H](OC(=O)NC(=O)c1ccccc1)c1cc(Br)ccc1O. The number of carbonyl (C=O) groups excluding carboxylic acids is 3. The summed E-state index contributed by atoms with van der Waals surface area (Å²) >= 11 is 3.38. The number of anilines is 2. The van der Waals surface area contributed by atoms with Crippen LogP contribution in [0.2, 0.25) is 0 Å². The molecule has 0 fully saturated rings. The number of aromatic hydroxyl groups is 1. The predicted octanol–water partition coefficient (Wildman–Crippen LogP) is 5.96. The van der Waals surface area contributed by atoms with E-state index in [2.05, 4.69) is 26.6 Å². The number of hydrogen-bond acceptors (Lipinski definition) is 6. The highest BCUT2D eigenvalue weighted by molar-refractivity contribution is 9.10. The molecule has 5 N–H and O–H groups in total. The van der Waals surface area contributed by atoms with Crippen molar-refractivity contribution in [3.05, 3.63) is 101 Å². The van der Waals surface area contributed by atoms with Crippen LogP contribution in [0.5, 0.6) is 5.75 Å². The molecule has 0 spiro atoms. The van der Waals surface area contributed by atoms with Crippen LogP contribution in [0.15, 0.2) is 89.4 Å². The highest BCUT2D eigenvalue weighted by Crippen LogP contribution is 2.36. The molecule has 3 aromatic carbocycles. The summed E-state index contributed by atoms with van der Waals surface area (Å²) in [5.74, 6) is -1.22. The van der Waals surface area contributed by atoms with Gasteiger partial charge in [-0.3, -0.25) is 14.9 Å². The van der Waals surface area contributed by atoms with Gasteiger partial charge in [-0.2, -0.15) is 0 Å². The number of phenols is 1. The molecule has 9 heteroatoms. The van der Waals surface area contributed by atoms with E-state index >= 15 is 0 Å². The molecule has 3 amide bonds. The van der Waals surface area contributed by atoms with Crippen LogP contribution < -0.4 is 16.4 Å². The number of nitrogens with two attached hydrogens (primary N) is 1. The van der Waals surface area contributed by atoms with E-state index in [1.165, 1.54) is 12.1 Å². The van der Waals surface area contributed by atoms with Crippen LogP contribution in [0.3, 0.4) is 0 Å². The van der Waals surface area contributed by atoms with E-state index in [-0.39, 0.29) is 17.6 Å². The Bertz CT molecular complexity index is 1280. The van der Waals surface area contributed by atoms with Gasteiger partial charge in [0.1, 0.15) is 11.9 Å². The molecule has 0 aliphatic rings. The number of para-hydroxylation sites is 2. The standard InChI is InChI=1S/C28H28BrN3O5/c1-18(9-5-8-14-25(34)31-23-13-7-6-12-22(23)30)26(21-17-20(29)15-16-24(21)33)37-28(36)32-27(35)19-10-3-2-4-11-19/h2-4,6-8,10-18,26,33H,5,9,30H2,1H3,(H,31,34)(H,32,35,36)/b14-8+/t18-,26+/m1/s1. The van der Waals surface area contributed by atoms with Crippen LogP contribution in [-0.4, -0.2) is 23.0 Å². The smallest absolute Gasteiger partial charge is 0.414 e. The molecule has 3 aromatic rings. The van der Waals surface area contributed by atoms with E-state index in [1.807, 2.05) is 6.92 Å². The van der Waals surface area contributed by atoms with Gasteiger partial charge >= 0.3 is 6.09 Å². The number of ether oxygens (including phenoxy) is 1. The maximum Gasteiger partial charge on any atom is 0.414 e. The Hall–Kier alpha value is -4.11. The lowest BCUT2D eigenvalue weighted by molar-refractivity contribution is -0.111. The molecular formula is C28H28BrN3O5. The van der Waals surface area contributed by atoms with Crippen LogP contribution in [-0.2, 0) is 9.53 Å². The Labute approximate surface area is 223 Å². The summed E-state index contributed by atoms with van der Waals surface area (Å²) < 4.78 is 6.32. The van der Waals surface area contributed by atoms with Gasteiger partial charge in [0.25, 0.3) is 5.91 Å². The van der Waals surface area contributed by atoms with Crippen LogP contribution in [0.25, 0.3) is 0 Å². The van der Waals surface area contributed by atoms with Crippen molar-refractivity contribution >= 4 is 45.2 Å². The molecule has 3 rings (SSSR count). The van der Waals surface area contributed by atoms with Gasteiger partial charge in [0.05, 0.1) is 11.4 Å². The summed E-state index contributed by atoms with van der Waals surface area (Å²) in [5.41, 5.74) is 7.55. The maximum absolute atomic E-state index is 12.6. The fourth-order valence-corrected chi connectivity index (χ4v) is 4.00. The number of rotatable bonds is 9. The predicted molar refractivity (Wildman–Crippen MR) is 146 cm³/mol. The van der Waals surface area contributed by atoms with Crippen molar-refractivity contribution in [2.75, 3.05) is 11.1 Å². The molecule has 8 nitrogen and oxygen atoms in total. The summed E-state index contributed by atoms with van der Waals surface area (Å²) in [7, 11) is 0. The Morgan fingerprint density at radius 2 is 1.76 bits per heavy atom. The fraction of sp³-hybridized carbons (Fsp3) is 0.179. The minimum absolute atomic E-state index is 0.0439. The van der Waals surface area contributed by atoms with Gasteiger partial charge in [0, 0.05) is 15.6 Å². The number of allylic oxidation sites excluding steroid dienone is 1. The van der Waals surface area contributed by atoms with E-state index in [4.69, 9.17) is 10.5 Å². The van der Waals surface area contributed by atoms with Crippen molar-refractivity contribution in [2.45, 2.75) is 25.9 Å². The molecular weight excluding hydrogens is 538 g/mol. The second-order valence-corrected chi connectivity index (χ2v) is 9.30. The van der Waals surface area contributed by atoms with Crippen LogP contribution in [0, 0.1) is 5.92 Å². The van der Waals surface area contributed by atoms with E-state index < -0.39 is 18.1 Å². The van der Waals surface area contributed by atoms with E-state index in [0.29, 0.717) is 39.8 Å². The second kappa shape index (κ2) is 13.3. The minimum Gasteiger partial charge on any atom is -0.508 e. The number of imide groups is 1. The summed E-state index contributed by atoms with van der Waals surface area (Å²) in [5, 5.41) is 15.4. The summed E-state index contributed by atoms with van der Waals surface area (Å²) in [6.07, 6.45) is 2.36. The fourth-order valence-electron chi connectivity index (χ4n) is 3.62. The zero-order chi connectivity index (χ0) is 26.8. The van der Waals surface area contributed by atoms with Gasteiger partial charge in [0.15, 0.2) is 0 Å². The van der Waals surface area contributed by atoms with E-state index in [1.54, 1.807) is 72.8 Å². The summed E-state index contributed by atoms with van der Waals surface area (Å²) in [4.78, 5) is 37.2. The second-order valence-electron chi connectivity index (χ2n) is 8.38. The van der Waals surface area contributed by atoms with Crippen molar-refractivity contribution in [3.63, 3.8) is 0 Å². The third-order valence-electron chi connectivity index (χ3n) is 5.58. The summed E-state index contributed by atoms with van der Waals surface area (Å²) in [6.45, 7) is 1.86. The van der Waals surface area contributed by atoms with E-state index in [9.17, 15) is 19.5 Å². The molecule has 0 saturated carbocycles. The first-order valence-electron chi connectivity index (χ1n) is 11.6. The minimum atomic E-state index is -0.930. The summed E-state index contributed by atoms with van der Waals surface area (Å²) in [6, 6.07) is 20.1. The lowest BCUT2D eigenvalue weighted by Gasteiger charge is -2.25. The van der Waals surface area contributed by atoms with Crippen LogP contribution >= 0.6 is 15.9 Å². The molecule has 0 bridgehead atoms. The van der Waals surface area contributed by atoms with Crippen molar-refractivity contribution in [1.82, 2.24) is 5.32 Å². The van der Waals surface area contributed by atoms with Gasteiger partial charge in [-0.15, -0.1) is 0 Å². The highest BCUT2D eigenvalue weighted by atomic mass is 79.9. The number of carbonyl (C=O) groups is 3. The topological polar surface area (TPSA) is 131 Å². The van der Waals surface area contributed by atoms with Gasteiger partial charge in [-0.1, -0.05) is 59.3 Å². The Balaban J connectivity index is 1.65. The molecule has 0 heterocycles. The Morgan fingerprint density at radius 1 is 1.05 bits per heavy atom. The van der Waals surface area contributed by atoms with Crippen molar-refractivity contribution < 1.29 is 24.2 Å². The Morgan fingerprint density at radius 3 is 2.49 bits per heavy atom. The number of alkyl carbamates (subject to hydrolysis) is 1. The van der Waals surface area contributed by atoms with Gasteiger partial charge < -0.3 is 20.9 Å². The third kappa shape index (κ3) is 8.22. The quantitative estimate of drug-likeness (QED) is 0.187. The van der Waals surface area contributed by atoms with Gasteiger partial charge in [-0.25, -0.2) is 4.79 Å². The van der Waals surface area contributed by atoms with Crippen LogP contribution in [0.4, 0.5) is 16.2 Å². The molecule has 192 valence electrons. The van der Waals surface area contributed by atoms with Gasteiger partial charge in [0.2, 0.25) is 5.91 Å². The highest BCUT2D eigenvalue weighted by Gasteiger charge is 2.27. The maximum atomic E-state index is 12.6. The largest absolute Gasteiger partial charge is 0.508 e. The molecule has 0 aliphatic heterocycles. The Kier molecular flexibility index (Phi) is 9.85. The van der Waals surface area contributed by atoms with Crippen molar-refractivity contribution in [3.8, 4) is 5.75 Å². The first-order chi connectivity index (χ1) is 17.7. The molecule has 2 atom stereocenters. The lowest BCUT2D eigenvalue weighted by atomic mass is 9.92. The number of nitrogen functional groups attached to an aromatic ring is 1. The third-order valence-corrected chi connectivity index (χ3v) is 6.07. The normalized spacial score (nSPS) is 12.5. The number of phenolic OH excluding ortho intramolecular Hbond substituents is 1. The molecule has 0 saturated heterocycles. The molecule has 37 heavy (non-hydrogen) atoms. The lowest BCUT2D eigenvalue weighted by Crippen LogP contribution is -2.33. The van der Waals surface area contributed by atoms with Gasteiger partial charge in [-0.05, 0) is 67.3 Å². The monoisotopic (exact) mass is 565 g/mol. The van der Waals surface area contributed by atoms with Crippen LogP contribution in [0.1, 0.15) is 41.8 Å². The average molecular weight is 566 g/mol. The molecule has 0 aliphatic carbocycles. The number of nitrogens with one attached hydrogen (secondary N) is 2. The molecule has 0 radical (unpaired) electrons. The number of amides is 3. The first-order valence-corrected chi connectivity index (χ1v) is 12.4. The van der Waals surface area contributed by atoms with Crippen molar-refractivity contribution in [2.24, 2.45) is 5.92 Å². The van der Waals surface area contributed by atoms with E-state index in [0.717, 1.165) is 0 Å². The molecule has 0 aromatic heterocycles. The zero-order valence-electron chi connectivity index (χ0n) is 20.2. The average Bonchev–Trinajstić information content (AvgIpc) is 2.88. The number of benzene rings is 3. The first kappa shape index (κ1) is 27.5. The number of halogens is 1. The zero-order valence-corrected chi connectivity index (χ0v) is 21.8. The molecule has 0 unspecified atom stereocenters. The van der Waals surface area contributed by atoms with Crippen molar-refractivity contribution in [1.29, 1.82) is 0 Å².